The molecule has 2 rings (SSSR count). The maximum absolute atomic E-state index is 11.7. The van der Waals surface area contributed by atoms with Crippen LogP contribution in [0.1, 0.15) is 24.0 Å². The summed E-state index contributed by atoms with van der Waals surface area (Å²) in [5, 5.41) is 0. The van der Waals surface area contributed by atoms with Gasteiger partial charge in [0, 0.05) is 24.0 Å². The van der Waals surface area contributed by atoms with Crippen LogP contribution < -0.4 is 10.5 Å². The van der Waals surface area contributed by atoms with E-state index in [4.69, 9.17) is 10.5 Å². The lowest BCUT2D eigenvalue weighted by Crippen LogP contribution is -2.28. The minimum atomic E-state index is -0.143. The molecule has 20 heavy (non-hydrogen) atoms. The third-order valence-corrected chi connectivity index (χ3v) is 3.10. The summed E-state index contributed by atoms with van der Waals surface area (Å²) in [5.41, 5.74) is 6.89. The van der Waals surface area contributed by atoms with Crippen molar-refractivity contribution in [2.75, 3.05) is 13.7 Å². The van der Waals surface area contributed by atoms with Crippen LogP contribution in [0.25, 0.3) is 0 Å². The van der Waals surface area contributed by atoms with Crippen molar-refractivity contribution in [3.05, 3.63) is 29.3 Å². The highest BCUT2D eigenvalue weighted by Gasteiger charge is 2.29. The normalized spacial score (nSPS) is 14.2. The summed E-state index contributed by atoms with van der Waals surface area (Å²) in [6.45, 7) is 0.503. The van der Waals surface area contributed by atoms with Crippen LogP contribution in [-0.4, -0.2) is 30.4 Å². The predicted octanol–water partition coefficient (Wildman–Crippen LogP) is 0.654. The third kappa shape index (κ3) is 2.98. The fourth-order valence-electron chi connectivity index (χ4n) is 2.10. The molecule has 104 valence electrons. The average molecular weight is 272 g/mol. The lowest BCUT2D eigenvalue weighted by Gasteiger charge is -2.16. The maximum atomic E-state index is 11.7. The standard InChI is InChI=1S/C15H16N2O3/c1-20-13-5-4-11(3-2-8-16)9-12(13)10-17-14(18)6-7-15(17)19/h4-5,9H,6-8,10,16H2,1H3. The molecule has 1 fully saturated rings. The average Bonchev–Trinajstić information content (AvgIpc) is 2.77. The molecular formula is C15H16N2O3. The van der Waals surface area contributed by atoms with Gasteiger partial charge in [0.05, 0.1) is 20.2 Å². The minimum absolute atomic E-state index is 0.143. The number of nitrogens with zero attached hydrogens (tertiary/aromatic N) is 1. The number of amides is 2. The molecule has 0 unspecified atom stereocenters. The van der Waals surface area contributed by atoms with Gasteiger partial charge in [0.25, 0.3) is 0 Å². The zero-order chi connectivity index (χ0) is 14.5. The van der Waals surface area contributed by atoms with Crippen molar-refractivity contribution in [2.24, 2.45) is 5.73 Å². The molecule has 1 aromatic rings. The number of benzene rings is 1. The molecule has 5 nitrogen and oxygen atoms in total. The smallest absolute Gasteiger partial charge is 0.230 e. The summed E-state index contributed by atoms with van der Waals surface area (Å²) in [5.74, 6) is 6.04. The first-order valence-corrected chi connectivity index (χ1v) is 6.34. The van der Waals surface area contributed by atoms with Crippen molar-refractivity contribution in [2.45, 2.75) is 19.4 Å². The summed E-state index contributed by atoms with van der Waals surface area (Å²) in [6.07, 6.45) is 0.571. The first-order valence-electron chi connectivity index (χ1n) is 6.34. The van der Waals surface area contributed by atoms with Crippen molar-refractivity contribution < 1.29 is 14.3 Å². The fourth-order valence-corrected chi connectivity index (χ4v) is 2.10. The second kappa shape index (κ2) is 6.22. The Morgan fingerprint density at radius 1 is 1.30 bits per heavy atom. The van der Waals surface area contributed by atoms with Gasteiger partial charge in [-0.2, -0.15) is 0 Å². The molecule has 1 aromatic carbocycles. The molecule has 2 N–H and O–H groups in total. The molecule has 0 spiro atoms. The molecule has 0 aromatic heterocycles. The molecule has 1 aliphatic heterocycles. The van der Waals surface area contributed by atoms with Gasteiger partial charge in [-0.15, -0.1) is 0 Å². The minimum Gasteiger partial charge on any atom is -0.496 e. The predicted molar refractivity (Wildman–Crippen MR) is 73.7 cm³/mol. The zero-order valence-electron chi connectivity index (χ0n) is 11.3. The number of likely N-dealkylation sites (tertiary alicyclic amines) is 1. The van der Waals surface area contributed by atoms with E-state index in [0.29, 0.717) is 5.75 Å². The van der Waals surface area contributed by atoms with Crippen molar-refractivity contribution in [3.8, 4) is 17.6 Å². The van der Waals surface area contributed by atoms with E-state index in [1.807, 2.05) is 12.1 Å². The molecule has 1 heterocycles. The Labute approximate surface area is 117 Å². The van der Waals surface area contributed by atoms with Gasteiger partial charge in [-0.3, -0.25) is 14.5 Å². The second-order valence-electron chi connectivity index (χ2n) is 4.41. The van der Waals surface area contributed by atoms with E-state index in [0.717, 1.165) is 11.1 Å². The van der Waals surface area contributed by atoms with Crippen LogP contribution >= 0.6 is 0 Å². The molecule has 2 amide bonds. The van der Waals surface area contributed by atoms with Crippen LogP contribution in [0.2, 0.25) is 0 Å². The Morgan fingerprint density at radius 2 is 2.00 bits per heavy atom. The van der Waals surface area contributed by atoms with Crippen molar-refractivity contribution in [3.63, 3.8) is 0 Å². The Morgan fingerprint density at radius 3 is 2.60 bits per heavy atom. The molecular weight excluding hydrogens is 256 g/mol. The Kier molecular flexibility index (Phi) is 4.38. The molecule has 0 radical (unpaired) electrons. The highest BCUT2D eigenvalue weighted by molar-refractivity contribution is 6.01. The van der Waals surface area contributed by atoms with Crippen LogP contribution in [0.3, 0.4) is 0 Å². The van der Waals surface area contributed by atoms with Crippen molar-refractivity contribution >= 4 is 11.8 Å². The zero-order valence-corrected chi connectivity index (χ0v) is 11.3. The Bertz CT molecular complexity index is 583. The van der Waals surface area contributed by atoms with Gasteiger partial charge in [0.1, 0.15) is 5.75 Å². The van der Waals surface area contributed by atoms with E-state index >= 15 is 0 Å². The van der Waals surface area contributed by atoms with Gasteiger partial charge >= 0.3 is 0 Å². The van der Waals surface area contributed by atoms with Crippen LogP contribution in [0.4, 0.5) is 0 Å². The van der Waals surface area contributed by atoms with Gasteiger partial charge in [0.2, 0.25) is 11.8 Å². The number of carbonyl (C=O) groups excluding carboxylic acids is 2. The number of methoxy groups -OCH3 is 1. The number of ether oxygens (including phenoxy) is 1. The molecule has 1 aliphatic rings. The van der Waals surface area contributed by atoms with Crippen molar-refractivity contribution in [1.29, 1.82) is 0 Å². The highest BCUT2D eigenvalue weighted by atomic mass is 16.5. The quantitative estimate of drug-likeness (QED) is 0.648. The molecule has 5 heteroatoms. The number of rotatable bonds is 3. The summed E-state index contributed by atoms with van der Waals surface area (Å²) in [7, 11) is 1.55. The lowest BCUT2D eigenvalue weighted by atomic mass is 10.1. The monoisotopic (exact) mass is 272 g/mol. The van der Waals surface area contributed by atoms with E-state index in [2.05, 4.69) is 11.8 Å². The van der Waals surface area contributed by atoms with Crippen LogP contribution in [-0.2, 0) is 16.1 Å². The number of hydrogen-bond donors (Lipinski definition) is 1. The largest absolute Gasteiger partial charge is 0.496 e. The highest BCUT2D eigenvalue weighted by Crippen LogP contribution is 2.24. The van der Waals surface area contributed by atoms with Gasteiger partial charge < -0.3 is 10.5 Å². The van der Waals surface area contributed by atoms with E-state index in [9.17, 15) is 9.59 Å². The molecule has 0 atom stereocenters. The summed E-state index contributed by atoms with van der Waals surface area (Å²) in [6, 6.07) is 5.42. The summed E-state index contributed by atoms with van der Waals surface area (Å²) in [4.78, 5) is 24.6. The van der Waals surface area contributed by atoms with Crippen LogP contribution in [0.5, 0.6) is 5.75 Å². The molecule has 0 aliphatic carbocycles. The lowest BCUT2D eigenvalue weighted by molar-refractivity contribution is -0.139. The van der Waals surface area contributed by atoms with E-state index in [1.165, 1.54) is 4.90 Å². The maximum Gasteiger partial charge on any atom is 0.230 e. The van der Waals surface area contributed by atoms with Crippen molar-refractivity contribution in [1.82, 2.24) is 4.90 Å². The first kappa shape index (κ1) is 14.1. The molecule has 1 saturated heterocycles. The second-order valence-corrected chi connectivity index (χ2v) is 4.41. The summed E-state index contributed by atoms with van der Waals surface area (Å²) < 4.78 is 5.26. The summed E-state index contributed by atoms with van der Waals surface area (Å²) >= 11 is 0. The van der Waals surface area contributed by atoms with Gasteiger partial charge in [-0.05, 0) is 18.2 Å². The number of hydrogen-bond acceptors (Lipinski definition) is 4. The Hall–Kier alpha value is -2.32. The van der Waals surface area contributed by atoms with Gasteiger partial charge in [-0.25, -0.2) is 0 Å². The topological polar surface area (TPSA) is 72.6 Å². The SMILES string of the molecule is COc1ccc(C#CCN)cc1CN1C(=O)CCC1=O. The van der Waals surface area contributed by atoms with Crippen LogP contribution in [0.15, 0.2) is 18.2 Å². The first-order chi connectivity index (χ1) is 9.65. The number of nitrogens with two attached hydrogens (primary N) is 1. The number of carbonyl (C=O) groups is 2. The van der Waals surface area contributed by atoms with E-state index in [-0.39, 0.29) is 37.7 Å². The van der Waals surface area contributed by atoms with Gasteiger partial charge in [-0.1, -0.05) is 11.8 Å². The molecule has 0 saturated carbocycles. The number of imide groups is 1. The van der Waals surface area contributed by atoms with Crippen LogP contribution in [0, 0.1) is 11.8 Å². The molecule has 0 bridgehead atoms. The Balaban J connectivity index is 2.28. The van der Waals surface area contributed by atoms with E-state index < -0.39 is 0 Å². The fraction of sp³-hybridized carbons (Fsp3) is 0.333. The van der Waals surface area contributed by atoms with E-state index in [1.54, 1.807) is 13.2 Å². The third-order valence-electron chi connectivity index (χ3n) is 3.10. The van der Waals surface area contributed by atoms with Gasteiger partial charge in [0.15, 0.2) is 0 Å².